The van der Waals surface area contributed by atoms with Gasteiger partial charge in [0.05, 0.1) is 17.4 Å². The lowest BCUT2D eigenvalue weighted by atomic mass is 9.90. The highest BCUT2D eigenvalue weighted by Crippen LogP contribution is 2.23. The number of hydrogen-bond donors (Lipinski definition) is 1. The summed E-state index contributed by atoms with van der Waals surface area (Å²) in [5, 5.41) is 0. The van der Waals surface area contributed by atoms with Crippen LogP contribution in [0, 0.1) is 5.92 Å². The topological polar surface area (TPSA) is 49.0 Å². The first-order valence-corrected chi connectivity index (χ1v) is 8.56. The highest BCUT2D eigenvalue weighted by Gasteiger charge is 2.24. The van der Waals surface area contributed by atoms with Crippen LogP contribution in [0.2, 0.25) is 0 Å². The quantitative estimate of drug-likeness (QED) is 0.801. The summed E-state index contributed by atoms with van der Waals surface area (Å²) in [6.07, 6.45) is 4.93. The summed E-state index contributed by atoms with van der Waals surface area (Å²) >= 11 is 0. The van der Waals surface area contributed by atoms with Crippen LogP contribution in [0.5, 0.6) is 0 Å². The predicted molar refractivity (Wildman–Crippen MR) is 94.9 cm³/mol. The summed E-state index contributed by atoms with van der Waals surface area (Å²) in [5.74, 6) is 0.802. The first-order chi connectivity index (χ1) is 11.8. The van der Waals surface area contributed by atoms with Crippen LogP contribution in [0.4, 0.5) is 0 Å². The third kappa shape index (κ3) is 3.04. The summed E-state index contributed by atoms with van der Waals surface area (Å²) in [6, 6.07) is 16.3. The lowest BCUT2D eigenvalue weighted by Gasteiger charge is -2.32. The van der Waals surface area contributed by atoms with Gasteiger partial charge in [-0.1, -0.05) is 30.3 Å². The van der Waals surface area contributed by atoms with Crippen LogP contribution in [0.15, 0.2) is 54.9 Å². The SMILES string of the molecule is O=C(c1ccc2nc[nH]c2c1)N1CCC(Cc2ccccc2)CC1. The van der Waals surface area contributed by atoms with E-state index in [0.717, 1.165) is 48.9 Å². The second-order valence-corrected chi connectivity index (χ2v) is 6.56. The van der Waals surface area contributed by atoms with Gasteiger partial charge in [-0.3, -0.25) is 4.79 Å². The Bertz CT molecular complexity index is 832. The summed E-state index contributed by atoms with van der Waals surface area (Å²) in [6.45, 7) is 1.69. The lowest BCUT2D eigenvalue weighted by molar-refractivity contribution is 0.0690. The van der Waals surface area contributed by atoms with Gasteiger partial charge in [-0.05, 0) is 48.9 Å². The number of imidazole rings is 1. The number of nitrogens with zero attached hydrogens (tertiary/aromatic N) is 2. The number of carbonyl (C=O) groups excluding carboxylic acids is 1. The van der Waals surface area contributed by atoms with E-state index in [1.54, 1.807) is 6.33 Å². The van der Waals surface area contributed by atoms with Crippen LogP contribution in [-0.4, -0.2) is 33.9 Å². The highest BCUT2D eigenvalue weighted by atomic mass is 16.2. The van der Waals surface area contributed by atoms with Crippen LogP contribution in [0.3, 0.4) is 0 Å². The van der Waals surface area contributed by atoms with Gasteiger partial charge in [-0.2, -0.15) is 0 Å². The molecule has 0 atom stereocenters. The maximum absolute atomic E-state index is 12.7. The van der Waals surface area contributed by atoms with Crippen molar-refractivity contribution in [3.8, 4) is 0 Å². The molecule has 0 aliphatic carbocycles. The van der Waals surface area contributed by atoms with Crippen LogP contribution in [-0.2, 0) is 6.42 Å². The third-order valence-corrected chi connectivity index (χ3v) is 4.94. The number of fused-ring (bicyclic) bond motifs is 1. The number of likely N-dealkylation sites (tertiary alicyclic amines) is 1. The molecule has 1 aliphatic heterocycles. The molecule has 0 unspecified atom stereocenters. The number of rotatable bonds is 3. The Labute approximate surface area is 141 Å². The van der Waals surface area contributed by atoms with Crippen molar-refractivity contribution in [2.24, 2.45) is 5.92 Å². The van der Waals surface area contributed by atoms with Crippen molar-refractivity contribution in [3.63, 3.8) is 0 Å². The Morgan fingerprint density at radius 3 is 2.71 bits per heavy atom. The molecule has 4 heteroatoms. The zero-order chi connectivity index (χ0) is 16.4. The Balaban J connectivity index is 1.39. The number of carbonyl (C=O) groups is 1. The molecule has 4 rings (SSSR count). The molecule has 0 spiro atoms. The molecule has 3 aromatic rings. The smallest absolute Gasteiger partial charge is 0.253 e. The van der Waals surface area contributed by atoms with Gasteiger partial charge in [-0.15, -0.1) is 0 Å². The molecule has 24 heavy (non-hydrogen) atoms. The van der Waals surface area contributed by atoms with E-state index >= 15 is 0 Å². The van der Waals surface area contributed by atoms with Gasteiger partial charge in [0.15, 0.2) is 0 Å². The first kappa shape index (κ1) is 14.9. The molecule has 2 aromatic carbocycles. The minimum absolute atomic E-state index is 0.129. The molecular weight excluding hydrogens is 298 g/mol. The lowest BCUT2D eigenvalue weighted by Crippen LogP contribution is -2.38. The number of benzene rings is 2. The second kappa shape index (κ2) is 6.48. The average molecular weight is 319 g/mol. The van der Waals surface area contributed by atoms with Gasteiger partial charge in [0, 0.05) is 18.7 Å². The molecule has 1 amide bonds. The van der Waals surface area contributed by atoms with Crippen molar-refractivity contribution < 1.29 is 4.79 Å². The third-order valence-electron chi connectivity index (χ3n) is 4.94. The van der Waals surface area contributed by atoms with Crippen LogP contribution >= 0.6 is 0 Å². The fraction of sp³-hybridized carbons (Fsp3) is 0.300. The Hall–Kier alpha value is -2.62. The molecular formula is C20H21N3O. The summed E-state index contributed by atoms with van der Waals surface area (Å²) in [4.78, 5) is 22.0. The highest BCUT2D eigenvalue weighted by molar-refractivity contribution is 5.97. The Kier molecular flexibility index (Phi) is 4.03. The van der Waals surface area contributed by atoms with E-state index in [2.05, 4.69) is 40.3 Å². The van der Waals surface area contributed by atoms with E-state index in [9.17, 15) is 4.79 Å². The van der Waals surface area contributed by atoms with Crippen molar-refractivity contribution in [3.05, 3.63) is 66.0 Å². The van der Waals surface area contributed by atoms with E-state index in [-0.39, 0.29) is 5.91 Å². The van der Waals surface area contributed by atoms with E-state index in [1.807, 2.05) is 23.1 Å². The first-order valence-electron chi connectivity index (χ1n) is 8.56. The van der Waals surface area contributed by atoms with Crippen molar-refractivity contribution in [1.29, 1.82) is 0 Å². The van der Waals surface area contributed by atoms with Gasteiger partial charge in [0.25, 0.3) is 5.91 Å². The molecule has 1 fully saturated rings. The number of aromatic amines is 1. The average Bonchev–Trinajstić information content (AvgIpc) is 3.10. The van der Waals surface area contributed by atoms with Crippen LogP contribution < -0.4 is 0 Å². The van der Waals surface area contributed by atoms with Gasteiger partial charge >= 0.3 is 0 Å². The fourth-order valence-corrected chi connectivity index (χ4v) is 3.54. The number of H-pyrrole nitrogens is 1. The van der Waals surface area contributed by atoms with E-state index in [1.165, 1.54) is 5.56 Å². The van der Waals surface area contributed by atoms with Crippen molar-refractivity contribution in [2.75, 3.05) is 13.1 Å². The van der Waals surface area contributed by atoms with Gasteiger partial charge in [0.1, 0.15) is 0 Å². The maximum atomic E-state index is 12.7. The molecule has 0 radical (unpaired) electrons. The number of amides is 1. The summed E-state index contributed by atoms with van der Waals surface area (Å²) in [5.41, 5.74) is 3.95. The molecule has 0 bridgehead atoms. The monoisotopic (exact) mass is 319 g/mol. The van der Waals surface area contributed by atoms with E-state index < -0.39 is 0 Å². The Morgan fingerprint density at radius 2 is 1.92 bits per heavy atom. The fourth-order valence-electron chi connectivity index (χ4n) is 3.54. The molecule has 122 valence electrons. The van der Waals surface area contributed by atoms with Gasteiger partial charge < -0.3 is 9.88 Å². The van der Waals surface area contributed by atoms with E-state index in [4.69, 9.17) is 0 Å². The standard InChI is InChI=1S/C20H21N3O/c24-20(17-6-7-18-19(13-17)22-14-21-18)23-10-8-16(9-11-23)12-15-4-2-1-3-5-15/h1-7,13-14,16H,8-12H2,(H,21,22). The molecule has 2 heterocycles. The minimum Gasteiger partial charge on any atom is -0.345 e. The zero-order valence-electron chi connectivity index (χ0n) is 13.6. The molecule has 1 aromatic heterocycles. The minimum atomic E-state index is 0.129. The van der Waals surface area contributed by atoms with E-state index in [0.29, 0.717) is 5.92 Å². The number of hydrogen-bond acceptors (Lipinski definition) is 2. The largest absolute Gasteiger partial charge is 0.345 e. The number of aromatic nitrogens is 2. The van der Waals surface area contributed by atoms with Gasteiger partial charge in [0.2, 0.25) is 0 Å². The zero-order valence-corrected chi connectivity index (χ0v) is 13.6. The number of piperidine rings is 1. The molecule has 1 aliphatic rings. The molecule has 4 nitrogen and oxygen atoms in total. The summed E-state index contributed by atoms with van der Waals surface area (Å²) in [7, 11) is 0. The predicted octanol–water partition coefficient (Wildman–Crippen LogP) is 3.66. The van der Waals surface area contributed by atoms with Crippen molar-refractivity contribution in [1.82, 2.24) is 14.9 Å². The second-order valence-electron chi connectivity index (χ2n) is 6.56. The van der Waals surface area contributed by atoms with Crippen molar-refractivity contribution >= 4 is 16.9 Å². The van der Waals surface area contributed by atoms with Crippen LogP contribution in [0.25, 0.3) is 11.0 Å². The Morgan fingerprint density at radius 1 is 1.12 bits per heavy atom. The summed E-state index contributed by atoms with van der Waals surface area (Å²) < 4.78 is 0. The molecule has 0 saturated carbocycles. The number of nitrogens with one attached hydrogen (secondary N) is 1. The molecule has 1 saturated heterocycles. The normalized spacial score (nSPS) is 15.8. The maximum Gasteiger partial charge on any atom is 0.253 e. The van der Waals surface area contributed by atoms with Crippen LogP contribution in [0.1, 0.15) is 28.8 Å². The molecule has 1 N–H and O–H groups in total. The van der Waals surface area contributed by atoms with Crippen molar-refractivity contribution in [2.45, 2.75) is 19.3 Å². The van der Waals surface area contributed by atoms with Gasteiger partial charge in [-0.25, -0.2) is 4.98 Å².